The van der Waals surface area contributed by atoms with Crippen molar-refractivity contribution in [3.8, 4) is 0 Å². The summed E-state index contributed by atoms with van der Waals surface area (Å²) in [7, 11) is -1.10. The zero-order chi connectivity index (χ0) is 35.8. The minimum atomic E-state index is -1.10. The van der Waals surface area contributed by atoms with Gasteiger partial charge in [-0.2, -0.15) is 0 Å². The molecule has 4 aliphatic carbocycles. The first-order valence-electron chi connectivity index (χ1n) is 22.3. The van der Waals surface area contributed by atoms with Crippen LogP contribution < -0.4 is 0 Å². The average molecular weight is 785 g/mol. The van der Waals surface area contributed by atoms with Gasteiger partial charge in [-0.1, -0.05) is 128 Å². The van der Waals surface area contributed by atoms with Gasteiger partial charge in [0.15, 0.2) is 0 Å². The fourth-order valence-corrected chi connectivity index (χ4v) is 18.9. The SMILES string of the molecule is O=S1C2=CC=C1C1(CCCCCCC1)c1ccc(s1)C1(CCCCCCC1)c1ccc(s1)C1(CCCCCCC1)c1ccc(s1)C21CCCCCCC1. The number of hydrogen-bond acceptors (Lipinski definition) is 4. The van der Waals surface area contributed by atoms with Crippen LogP contribution in [0.4, 0.5) is 0 Å². The Morgan fingerprint density at radius 3 is 0.792 bits per heavy atom. The van der Waals surface area contributed by atoms with E-state index in [1.807, 2.05) is 0 Å². The lowest BCUT2D eigenvalue weighted by Gasteiger charge is -2.40. The van der Waals surface area contributed by atoms with Crippen LogP contribution in [0.1, 0.15) is 209 Å². The van der Waals surface area contributed by atoms with Crippen molar-refractivity contribution < 1.29 is 4.21 Å². The fraction of sp³-hybridized carbons (Fsp3) is 0.667. The van der Waals surface area contributed by atoms with Gasteiger partial charge in [-0.25, -0.2) is 4.21 Å². The van der Waals surface area contributed by atoms with Gasteiger partial charge >= 0.3 is 0 Å². The van der Waals surface area contributed by atoms with E-state index in [1.54, 1.807) is 19.5 Å². The highest BCUT2D eigenvalue weighted by Gasteiger charge is 2.50. The third kappa shape index (κ3) is 6.64. The van der Waals surface area contributed by atoms with Crippen molar-refractivity contribution in [2.75, 3.05) is 0 Å². The molecule has 5 heterocycles. The molecule has 4 fully saturated rings. The van der Waals surface area contributed by atoms with Crippen LogP contribution >= 0.6 is 34.0 Å². The van der Waals surface area contributed by atoms with E-state index in [9.17, 15) is 0 Å². The first kappa shape index (κ1) is 37.3. The highest BCUT2D eigenvalue weighted by Crippen LogP contribution is 2.59. The summed E-state index contributed by atoms with van der Waals surface area (Å²) in [4.78, 5) is 12.2. The van der Waals surface area contributed by atoms with Crippen LogP contribution in [0.5, 0.6) is 0 Å². The van der Waals surface area contributed by atoms with Crippen molar-refractivity contribution in [3.63, 3.8) is 0 Å². The van der Waals surface area contributed by atoms with Gasteiger partial charge in [-0.05, 0) is 99.9 Å². The molecule has 0 atom stereocenters. The van der Waals surface area contributed by atoms with Crippen molar-refractivity contribution >= 4 is 44.8 Å². The molecule has 0 unspecified atom stereocenters. The lowest BCUT2D eigenvalue weighted by molar-refractivity contribution is 0.372. The summed E-state index contributed by atoms with van der Waals surface area (Å²) in [6, 6.07) is 15.6. The molecular formula is C48H64OS4. The summed E-state index contributed by atoms with van der Waals surface area (Å²) in [6.45, 7) is 0. The molecule has 9 rings (SSSR count). The molecule has 6 aliphatic rings. The third-order valence-corrected chi connectivity index (χ3v) is 21.5. The Labute approximate surface area is 336 Å². The molecule has 3 aromatic rings. The largest absolute Gasteiger partial charge is 0.250 e. The minimum absolute atomic E-state index is 0.102. The number of allylic oxidation sites excluding steroid dienone is 4. The van der Waals surface area contributed by atoms with Crippen LogP contribution in [-0.4, -0.2) is 4.21 Å². The zero-order valence-electron chi connectivity index (χ0n) is 32.5. The van der Waals surface area contributed by atoms with E-state index in [4.69, 9.17) is 0 Å². The van der Waals surface area contributed by atoms with Gasteiger partial charge < -0.3 is 0 Å². The van der Waals surface area contributed by atoms with E-state index in [1.165, 1.54) is 174 Å². The summed E-state index contributed by atoms with van der Waals surface area (Å²) >= 11 is 6.57. The lowest BCUT2D eigenvalue weighted by atomic mass is 9.72. The highest BCUT2D eigenvalue weighted by atomic mass is 32.2. The molecule has 5 heteroatoms. The molecule has 53 heavy (non-hydrogen) atoms. The van der Waals surface area contributed by atoms with Crippen LogP contribution in [0.2, 0.25) is 0 Å². The molecular weight excluding hydrogens is 721 g/mol. The molecule has 2 aliphatic heterocycles. The molecule has 1 nitrogen and oxygen atoms in total. The molecule has 8 bridgehead atoms. The Balaban J connectivity index is 1.28. The average Bonchev–Trinajstić information content (AvgIpc) is 3.94. The van der Waals surface area contributed by atoms with Crippen molar-refractivity contribution in [1.29, 1.82) is 0 Å². The van der Waals surface area contributed by atoms with Crippen molar-refractivity contribution in [3.05, 3.63) is 87.6 Å². The maximum Gasteiger partial charge on any atom is 0.0786 e. The molecule has 3 aromatic heterocycles. The van der Waals surface area contributed by atoms with Gasteiger partial charge in [0.25, 0.3) is 0 Å². The molecule has 0 N–H and O–H groups in total. The molecule has 4 saturated carbocycles. The number of hydrogen-bond donors (Lipinski definition) is 0. The second-order valence-electron chi connectivity index (χ2n) is 18.2. The van der Waals surface area contributed by atoms with Gasteiger partial charge in [-0.15, -0.1) is 34.0 Å². The lowest BCUT2D eigenvalue weighted by Crippen LogP contribution is -2.34. The van der Waals surface area contributed by atoms with Crippen molar-refractivity contribution in [2.24, 2.45) is 0 Å². The van der Waals surface area contributed by atoms with E-state index in [-0.39, 0.29) is 21.7 Å². The Morgan fingerprint density at radius 2 is 0.528 bits per heavy atom. The summed E-state index contributed by atoms with van der Waals surface area (Å²) in [5, 5.41) is 0. The normalized spacial score (nSPS) is 26.3. The molecule has 0 radical (unpaired) electrons. The maximum absolute atomic E-state index is 15.7. The van der Waals surface area contributed by atoms with Gasteiger partial charge in [0.1, 0.15) is 0 Å². The fourth-order valence-electron chi connectivity index (χ4n) is 12.1. The van der Waals surface area contributed by atoms with Crippen molar-refractivity contribution in [2.45, 2.75) is 201 Å². The number of fused-ring (bicyclic) bond motifs is 16. The standard InChI is InChI=1S/C48H64OS4/c49-53-43-27-28-44(53)48(35-19-11-4-12-20-36-48)42-26-24-40(52-42)46(31-15-7-2-8-16-32-46)38-22-21-37(50-38)45(29-13-5-1-6-14-30-45)39-23-25-41(51-39)47(43)33-17-9-3-10-18-34-47/h21-28H,1-20,29-36H2. The van der Waals surface area contributed by atoms with E-state index < -0.39 is 10.8 Å². The number of thiophene rings is 3. The van der Waals surface area contributed by atoms with E-state index >= 15 is 4.21 Å². The maximum atomic E-state index is 15.7. The van der Waals surface area contributed by atoms with Gasteiger partial charge in [0.2, 0.25) is 0 Å². The van der Waals surface area contributed by atoms with Crippen LogP contribution in [0, 0.1) is 0 Å². The first-order chi connectivity index (χ1) is 26.1. The Hall–Kier alpha value is -1.27. The van der Waals surface area contributed by atoms with Crippen LogP contribution in [0.25, 0.3) is 0 Å². The van der Waals surface area contributed by atoms with E-state index in [0.29, 0.717) is 0 Å². The van der Waals surface area contributed by atoms with Crippen LogP contribution in [0.15, 0.2) is 58.4 Å². The first-order valence-corrected chi connectivity index (χ1v) is 25.9. The van der Waals surface area contributed by atoms with Crippen LogP contribution in [-0.2, 0) is 32.5 Å². The number of rotatable bonds is 0. The Bertz CT molecular complexity index is 1650. The molecule has 0 aromatic carbocycles. The zero-order valence-corrected chi connectivity index (χ0v) is 35.7. The predicted molar refractivity (Wildman–Crippen MR) is 231 cm³/mol. The second-order valence-corrected chi connectivity index (χ2v) is 22.9. The summed E-state index contributed by atoms with van der Waals surface area (Å²) in [5.41, 5.74) is -0.0191. The minimum Gasteiger partial charge on any atom is -0.250 e. The van der Waals surface area contributed by atoms with Gasteiger partial charge in [-0.3, -0.25) is 0 Å². The monoisotopic (exact) mass is 784 g/mol. The van der Waals surface area contributed by atoms with Gasteiger partial charge in [0, 0.05) is 60.7 Å². The molecule has 0 saturated heterocycles. The van der Waals surface area contributed by atoms with E-state index in [0.717, 1.165) is 25.7 Å². The second kappa shape index (κ2) is 15.9. The summed E-state index contributed by atoms with van der Waals surface area (Å²) < 4.78 is 15.7. The molecule has 4 spiro atoms. The Kier molecular flexibility index (Phi) is 11.2. The van der Waals surface area contributed by atoms with Crippen LogP contribution in [0.3, 0.4) is 0 Å². The summed E-state index contributed by atoms with van der Waals surface area (Å²) in [6.07, 6.45) is 41.1. The third-order valence-electron chi connectivity index (χ3n) is 15.2. The topological polar surface area (TPSA) is 17.1 Å². The smallest absolute Gasteiger partial charge is 0.0786 e. The quantitative estimate of drug-likeness (QED) is 0.222. The Morgan fingerprint density at radius 1 is 0.321 bits per heavy atom. The van der Waals surface area contributed by atoms with Crippen molar-refractivity contribution in [1.82, 2.24) is 0 Å². The van der Waals surface area contributed by atoms with E-state index in [2.05, 4.69) is 82.6 Å². The van der Waals surface area contributed by atoms with Gasteiger partial charge in [0.05, 0.1) is 10.8 Å². The predicted octanol–water partition coefficient (Wildman–Crippen LogP) is 15.4. The molecule has 286 valence electrons. The highest BCUT2D eigenvalue weighted by molar-refractivity contribution is 7.93. The summed E-state index contributed by atoms with van der Waals surface area (Å²) in [5.74, 6) is 0. The molecule has 0 amide bonds.